The molecule has 0 aliphatic carbocycles. The molecule has 1 aliphatic heterocycles. The number of aromatic nitrogens is 1. The summed E-state index contributed by atoms with van der Waals surface area (Å²) in [6, 6.07) is 3.41. The van der Waals surface area contributed by atoms with E-state index in [0.717, 1.165) is 18.7 Å². The van der Waals surface area contributed by atoms with Crippen LogP contribution in [0.2, 0.25) is 0 Å². The predicted octanol–water partition coefficient (Wildman–Crippen LogP) is 0.353. The summed E-state index contributed by atoms with van der Waals surface area (Å²) in [6.07, 6.45) is 3.47. The van der Waals surface area contributed by atoms with Crippen LogP contribution in [0.3, 0.4) is 0 Å². The first-order chi connectivity index (χ1) is 9.11. The average Bonchev–Trinajstić information content (AvgIpc) is 2.48. The zero-order chi connectivity index (χ0) is 13.8. The van der Waals surface area contributed by atoms with Crippen molar-refractivity contribution in [1.82, 2.24) is 14.8 Å². The molecule has 0 bridgehead atoms. The Morgan fingerprint density at radius 1 is 1.37 bits per heavy atom. The highest BCUT2D eigenvalue weighted by molar-refractivity contribution is 5.82. The minimum absolute atomic E-state index is 0.00571. The van der Waals surface area contributed by atoms with Crippen molar-refractivity contribution < 1.29 is 9.90 Å². The Morgan fingerprint density at radius 2 is 2.05 bits per heavy atom. The molecule has 5 nitrogen and oxygen atoms in total. The molecule has 19 heavy (non-hydrogen) atoms. The maximum Gasteiger partial charge on any atom is 0.242 e. The van der Waals surface area contributed by atoms with Crippen molar-refractivity contribution in [1.29, 1.82) is 0 Å². The van der Waals surface area contributed by atoms with E-state index in [1.54, 1.807) is 12.4 Å². The molecular formula is C14H21N3O2. The molecule has 1 fully saturated rings. The van der Waals surface area contributed by atoms with Crippen LogP contribution in [0.4, 0.5) is 0 Å². The lowest BCUT2D eigenvalue weighted by Crippen LogP contribution is -2.46. The van der Waals surface area contributed by atoms with Crippen molar-refractivity contribution in [3.05, 3.63) is 30.1 Å². The number of hydrogen-bond donors (Lipinski definition) is 1. The van der Waals surface area contributed by atoms with Crippen LogP contribution in [-0.4, -0.2) is 58.6 Å². The second-order valence-electron chi connectivity index (χ2n) is 5.32. The Kier molecular flexibility index (Phi) is 4.50. The minimum Gasteiger partial charge on any atom is -0.394 e. The smallest absolute Gasteiger partial charge is 0.242 e. The van der Waals surface area contributed by atoms with Crippen LogP contribution in [0, 0.1) is 5.92 Å². The lowest BCUT2D eigenvalue weighted by Gasteiger charge is -2.26. The normalized spacial score (nSPS) is 25.4. The van der Waals surface area contributed by atoms with Gasteiger partial charge in [0.05, 0.1) is 6.61 Å². The molecule has 1 aliphatic rings. The number of pyridine rings is 1. The largest absolute Gasteiger partial charge is 0.394 e. The van der Waals surface area contributed by atoms with E-state index in [1.807, 2.05) is 29.0 Å². The van der Waals surface area contributed by atoms with Gasteiger partial charge in [-0.05, 0) is 30.7 Å². The monoisotopic (exact) mass is 263 g/mol. The Hall–Kier alpha value is -1.46. The van der Waals surface area contributed by atoms with Gasteiger partial charge in [0.25, 0.3) is 0 Å². The summed E-state index contributed by atoms with van der Waals surface area (Å²) in [5.41, 5.74) is 1.07. The molecule has 1 aromatic heterocycles. The van der Waals surface area contributed by atoms with Crippen LogP contribution in [0.5, 0.6) is 0 Å². The van der Waals surface area contributed by atoms with Gasteiger partial charge >= 0.3 is 0 Å². The zero-order valence-electron chi connectivity index (χ0n) is 11.5. The predicted molar refractivity (Wildman–Crippen MR) is 72.3 cm³/mol. The van der Waals surface area contributed by atoms with Gasteiger partial charge < -0.3 is 10.0 Å². The van der Waals surface area contributed by atoms with E-state index < -0.39 is 6.04 Å². The fourth-order valence-electron chi connectivity index (χ4n) is 2.61. The van der Waals surface area contributed by atoms with Crippen molar-refractivity contribution in [2.45, 2.75) is 19.5 Å². The van der Waals surface area contributed by atoms with E-state index in [0.29, 0.717) is 12.5 Å². The third-order valence-electron chi connectivity index (χ3n) is 3.56. The zero-order valence-corrected chi connectivity index (χ0v) is 11.5. The van der Waals surface area contributed by atoms with E-state index in [9.17, 15) is 9.90 Å². The third kappa shape index (κ3) is 3.30. The highest BCUT2D eigenvalue weighted by atomic mass is 16.3. The van der Waals surface area contributed by atoms with Gasteiger partial charge in [-0.2, -0.15) is 0 Å². The molecule has 0 saturated carbocycles. The van der Waals surface area contributed by atoms with Crippen LogP contribution in [0.1, 0.15) is 12.5 Å². The van der Waals surface area contributed by atoms with Gasteiger partial charge in [0, 0.05) is 32.0 Å². The molecule has 0 spiro atoms. The van der Waals surface area contributed by atoms with E-state index in [-0.39, 0.29) is 12.5 Å². The van der Waals surface area contributed by atoms with Crippen LogP contribution in [0.25, 0.3) is 0 Å². The van der Waals surface area contributed by atoms with Crippen molar-refractivity contribution >= 4 is 5.91 Å². The van der Waals surface area contributed by atoms with Gasteiger partial charge in [-0.1, -0.05) is 6.92 Å². The van der Waals surface area contributed by atoms with Gasteiger partial charge in [0.1, 0.15) is 6.04 Å². The Labute approximate surface area is 113 Å². The standard InChI is InChI=1S/C14H21N3O2/c1-11-7-16(2)13(10-18)14(19)17(8-11)9-12-3-5-15-6-4-12/h3-6,11,13,18H,7-10H2,1-2H3. The highest BCUT2D eigenvalue weighted by Crippen LogP contribution is 2.16. The molecule has 104 valence electrons. The molecular weight excluding hydrogens is 242 g/mol. The average molecular weight is 263 g/mol. The molecule has 2 rings (SSSR count). The number of aliphatic hydroxyl groups excluding tert-OH is 1. The van der Waals surface area contributed by atoms with Crippen molar-refractivity contribution in [3.8, 4) is 0 Å². The number of likely N-dealkylation sites (N-methyl/N-ethyl adjacent to an activating group) is 1. The SMILES string of the molecule is CC1CN(Cc2ccncc2)C(=O)C(CO)N(C)C1. The molecule has 0 radical (unpaired) electrons. The number of carbonyl (C=O) groups is 1. The van der Waals surface area contributed by atoms with Gasteiger partial charge in [0.15, 0.2) is 0 Å². The summed E-state index contributed by atoms with van der Waals surface area (Å²) in [5, 5.41) is 9.43. The van der Waals surface area contributed by atoms with E-state index in [1.165, 1.54) is 0 Å². The van der Waals surface area contributed by atoms with Crippen molar-refractivity contribution in [2.24, 2.45) is 5.92 Å². The second kappa shape index (κ2) is 6.12. The maximum absolute atomic E-state index is 12.4. The number of rotatable bonds is 3. The summed E-state index contributed by atoms with van der Waals surface area (Å²) in [4.78, 5) is 20.2. The summed E-state index contributed by atoms with van der Waals surface area (Å²) in [7, 11) is 1.89. The van der Waals surface area contributed by atoms with Gasteiger partial charge in [0.2, 0.25) is 5.91 Å². The summed E-state index contributed by atoms with van der Waals surface area (Å²) < 4.78 is 0. The number of hydrogen-bond acceptors (Lipinski definition) is 4. The minimum atomic E-state index is -0.424. The highest BCUT2D eigenvalue weighted by Gasteiger charge is 2.32. The fourth-order valence-corrected chi connectivity index (χ4v) is 2.61. The topological polar surface area (TPSA) is 56.7 Å². The quantitative estimate of drug-likeness (QED) is 0.855. The molecule has 5 heteroatoms. The molecule has 1 amide bonds. The summed E-state index contributed by atoms with van der Waals surface area (Å²) >= 11 is 0. The van der Waals surface area contributed by atoms with Crippen molar-refractivity contribution in [3.63, 3.8) is 0 Å². The van der Waals surface area contributed by atoms with Crippen LogP contribution in [-0.2, 0) is 11.3 Å². The van der Waals surface area contributed by atoms with E-state index in [4.69, 9.17) is 0 Å². The summed E-state index contributed by atoms with van der Waals surface area (Å²) in [5.74, 6) is 0.401. The molecule has 0 aromatic carbocycles. The Balaban J connectivity index is 2.15. The number of amides is 1. The van der Waals surface area contributed by atoms with E-state index >= 15 is 0 Å². The summed E-state index contributed by atoms with van der Waals surface area (Å²) in [6.45, 7) is 4.12. The first-order valence-electron chi connectivity index (χ1n) is 6.60. The van der Waals surface area contributed by atoms with Crippen molar-refractivity contribution in [2.75, 3.05) is 26.7 Å². The Bertz CT molecular complexity index is 424. The Morgan fingerprint density at radius 3 is 2.68 bits per heavy atom. The molecule has 2 heterocycles. The van der Waals surface area contributed by atoms with Crippen LogP contribution >= 0.6 is 0 Å². The molecule has 1 aromatic rings. The molecule has 1 N–H and O–H groups in total. The first-order valence-corrected chi connectivity index (χ1v) is 6.60. The maximum atomic E-state index is 12.4. The third-order valence-corrected chi connectivity index (χ3v) is 3.56. The van der Waals surface area contributed by atoms with Gasteiger partial charge in [-0.3, -0.25) is 14.7 Å². The second-order valence-corrected chi connectivity index (χ2v) is 5.32. The van der Waals surface area contributed by atoms with Gasteiger partial charge in [-0.25, -0.2) is 0 Å². The lowest BCUT2D eigenvalue weighted by molar-refractivity contribution is -0.137. The fraction of sp³-hybridized carbons (Fsp3) is 0.571. The molecule has 2 atom stereocenters. The number of carbonyl (C=O) groups excluding carboxylic acids is 1. The van der Waals surface area contributed by atoms with Crippen LogP contribution in [0.15, 0.2) is 24.5 Å². The lowest BCUT2D eigenvalue weighted by atomic mass is 10.1. The number of aliphatic hydroxyl groups is 1. The number of nitrogens with zero attached hydrogens (tertiary/aromatic N) is 3. The first kappa shape index (κ1) is 14.0. The van der Waals surface area contributed by atoms with Gasteiger partial charge in [-0.15, -0.1) is 0 Å². The molecule has 1 saturated heterocycles. The van der Waals surface area contributed by atoms with E-state index in [2.05, 4.69) is 11.9 Å². The molecule has 2 unspecified atom stereocenters. The van der Waals surface area contributed by atoms with Crippen LogP contribution < -0.4 is 0 Å².